The molecule has 0 saturated heterocycles. The molecule has 0 aliphatic rings. The molecule has 0 unspecified atom stereocenters. The number of rotatable bonds is 9. The van der Waals surface area contributed by atoms with Gasteiger partial charge in [-0.2, -0.15) is 0 Å². The number of aromatic nitrogens is 2. The summed E-state index contributed by atoms with van der Waals surface area (Å²) in [5, 5.41) is 0. The summed E-state index contributed by atoms with van der Waals surface area (Å²) in [5.74, 6) is 0.903. The standard InChI is InChI=1S/C19H22N4O/c1-2-5-18(6-3-1)22-21-15-17-7-9-19(10-8-17)24-14-4-12-23-13-11-20-16-23/h1-3,5-11,13,16,21-22H,4,12,14-15H2. The Hall–Kier alpha value is -2.79. The Labute approximate surface area is 142 Å². The van der Waals surface area contributed by atoms with E-state index in [0.29, 0.717) is 6.61 Å². The van der Waals surface area contributed by atoms with Crippen LogP contribution in [0.25, 0.3) is 0 Å². The molecule has 124 valence electrons. The van der Waals surface area contributed by atoms with Gasteiger partial charge in [0.15, 0.2) is 0 Å². The number of imidazole rings is 1. The van der Waals surface area contributed by atoms with E-state index in [-0.39, 0.29) is 0 Å². The summed E-state index contributed by atoms with van der Waals surface area (Å²) in [6.07, 6.45) is 6.54. The zero-order valence-corrected chi connectivity index (χ0v) is 13.6. The van der Waals surface area contributed by atoms with Crippen molar-refractivity contribution in [1.29, 1.82) is 0 Å². The fourth-order valence-electron chi connectivity index (χ4n) is 2.33. The van der Waals surface area contributed by atoms with Crippen molar-refractivity contribution in [3.05, 3.63) is 78.9 Å². The maximum Gasteiger partial charge on any atom is 0.119 e. The van der Waals surface area contributed by atoms with Gasteiger partial charge >= 0.3 is 0 Å². The first-order valence-electron chi connectivity index (χ1n) is 8.11. The van der Waals surface area contributed by atoms with E-state index in [1.165, 1.54) is 5.56 Å². The van der Waals surface area contributed by atoms with Crippen molar-refractivity contribution in [3.63, 3.8) is 0 Å². The highest BCUT2D eigenvalue weighted by atomic mass is 16.5. The van der Waals surface area contributed by atoms with E-state index in [2.05, 4.69) is 32.5 Å². The lowest BCUT2D eigenvalue weighted by Gasteiger charge is -2.10. The number of hydrogen-bond acceptors (Lipinski definition) is 4. The summed E-state index contributed by atoms with van der Waals surface area (Å²) in [6.45, 7) is 2.37. The molecule has 0 saturated carbocycles. The predicted molar refractivity (Wildman–Crippen MR) is 95.7 cm³/mol. The van der Waals surface area contributed by atoms with Crippen molar-refractivity contribution < 1.29 is 4.74 Å². The summed E-state index contributed by atoms with van der Waals surface area (Å²) in [6, 6.07) is 18.2. The first-order chi connectivity index (χ1) is 11.9. The first-order valence-corrected chi connectivity index (χ1v) is 8.11. The lowest BCUT2D eigenvalue weighted by atomic mass is 10.2. The maximum absolute atomic E-state index is 5.76. The number of nitrogens with zero attached hydrogens (tertiary/aromatic N) is 2. The Morgan fingerprint density at radius 2 is 1.83 bits per heavy atom. The van der Waals surface area contributed by atoms with E-state index < -0.39 is 0 Å². The highest BCUT2D eigenvalue weighted by Gasteiger charge is 1.97. The molecule has 0 amide bonds. The normalized spacial score (nSPS) is 10.5. The Kier molecular flexibility index (Phi) is 5.86. The zero-order chi connectivity index (χ0) is 16.5. The van der Waals surface area contributed by atoms with Gasteiger partial charge in [-0.05, 0) is 36.2 Å². The number of para-hydroxylation sites is 1. The van der Waals surface area contributed by atoms with Crippen molar-refractivity contribution in [2.75, 3.05) is 12.0 Å². The minimum Gasteiger partial charge on any atom is -0.494 e. The van der Waals surface area contributed by atoms with Crippen LogP contribution in [0.15, 0.2) is 73.3 Å². The fraction of sp³-hybridized carbons (Fsp3) is 0.211. The number of aryl methyl sites for hydroxylation is 1. The molecule has 0 atom stereocenters. The minimum absolute atomic E-state index is 0.700. The molecule has 5 nitrogen and oxygen atoms in total. The average molecular weight is 322 g/mol. The van der Waals surface area contributed by atoms with Gasteiger partial charge in [0.1, 0.15) is 5.75 Å². The van der Waals surface area contributed by atoms with Crippen LogP contribution in [0.5, 0.6) is 5.75 Å². The number of benzene rings is 2. The number of anilines is 1. The van der Waals surface area contributed by atoms with Gasteiger partial charge in [0.25, 0.3) is 0 Å². The number of ether oxygens (including phenoxy) is 1. The SMILES string of the molecule is c1ccc(NNCc2ccc(OCCCn3ccnc3)cc2)cc1. The molecule has 5 heteroatoms. The van der Waals surface area contributed by atoms with Gasteiger partial charge in [-0.25, -0.2) is 10.4 Å². The largest absolute Gasteiger partial charge is 0.494 e. The van der Waals surface area contributed by atoms with Gasteiger partial charge < -0.3 is 14.7 Å². The molecule has 0 bridgehead atoms. The maximum atomic E-state index is 5.76. The van der Waals surface area contributed by atoms with Crippen LogP contribution in [0.2, 0.25) is 0 Å². The Balaban J connectivity index is 1.35. The number of hydrazine groups is 1. The van der Waals surface area contributed by atoms with E-state index >= 15 is 0 Å². The first kappa shape index (κ1) is 16.1. The minimum atomic E-state index is 0.700. The molecule has 2 aromatic carbocycles. The summed E-state index contributed by atoms with van der Waals surface area (Å²) in [4.78, 5) is 4.02. The second-order valence-corrected chi connectivity index (χ2v) is 5.49. The third-order valence-corrected chi connectivity index (χ3v) is 3.61. The predicted octanol–water partition coefficient (Wildman–Crippen LogP) is 3.47. The highest BCUT2D eigenvalue weighted by molar-refractivity contribution is 5.41. The molecule has 0 spiro atoms. The molecular weight excluding hydrogens is 300 g/mol. The van der Waals surface area contributed by atoms with Crippen LogP contribution in [0.1, 0.15) is 12.0 Å². The monoisotopic (exact) mass is 322 g/mol. The van der Waals surface area contributed by atoms with Crippen molar-refractivity contribution >= 4 is 5.69 Å². The van der Waals surface area contributed by atoms with E-state index in [4.69, 9.17) is 4.74 Å². The van der Waals surface area contributed by atoms with Gasteiger partial charge in [0, 0.05) is 31.2 Å². The van der Waals surface area contributed by atoms with Crippen LogP contribution in [-0.4, -0.2) is 16.2 Å². The molecule has 0 aliphatic heterocycles. The molecule has 2 N–H and O–H groups in total. The quantitative estimate of drug-likeness (QED) is 0.468. The molecule has 0 aliphatic carbocycles. The molecule has 0 fully saturated rings. The topological polar surface area (TPSA) is 51.1 Å². The van der Waals surface area contributed by atoms with Gasteiger partial charge in [0.2, 0.25) is 0 Å². The third kappa shape index (κ3) is 5.14. The molecule has 24 heavy (non-hydrogen) atoms. The van der Waals surface area contributed by atoms with E-state index in [1.807, 2.05) is 55.0 Å². The fourth-order valence-corrected chi connectivity index (χ4v) is 2.33. The van der Waals surface area contributed by atoms with Gasteiger partial charge in [0.05, 0.1) is 12.9 Å². The third-order valence-electron chi connectivity index (χ3n) is 3.61. The zero-order valence-electron chi connectivity index (χ0n) is 13.6. The van der Waals surface area contributed by atoms with E-state index in [1.54, 1.807) is 6.20 Å². The highest BCUT2D eigenvalue weighted by Crippen LogP contribution is 2.12. The van der Waals surface area contributed by atoms with E-state index in [9.17, 15) is 0 Å². The second-order valence-electron chi connectivity index (χ2n) is 5.49. The lowest BCUT2D eigenvalue weighted by Crippen LogP contribution is -2.20. The van der Waals surface area contributed by atoms with Crippen molar-refractivity contribution in [3.8, 4) is 5.75 Å². The second kappa shape index (κ2) is 8.74. The summed E-state index contributed by atoms with van der Waals surface area (Å²) in [7, 11) is 0. The van der Waals surface area contributed by atoms with Crippen LogP contribution >= 0.6 is 0 Å². The van der Waals surface area contributed by atoms with Crippen LogP contribution in [0.4, 0.5) is 5.69 Å². The molecule has 1 aromatic heterocycles. The van der Waals surface area contributed by atoms with Crippen LogP contribution in [-0.2, 0) is 13.1 Å². The molecule has 3 aromatic rings. The van der Waals surface area contributed by atoms with Crippen LogP contribution < -0.4 is 15.6 Å². The Morgan fingerprint density at radius 3 is 2.58 bits per heavy atom. The molecule has 3 rings (SSSR count). The molecular formula is C19H22N4O. The smallest absolute Gasteiger partial charge is 0.119 e. The van der Waals surface area contributed by atoms with Gasteiger partial charge in [-0.15, -0.1) is 0 Å². The van der Waals surface area contributed by atoms with Crippen LogP contribution in [0, 0.1) is 0 Å². The summed E-state index contributed by atoms with van der Waals surface area (Å²) >= 11 is 0. The van der Waals surface area contributed by atoms with E-state index in [0.717, 1.165) is 30.9 Å². The summed E-state index contributed by atoms with van der Waals surface area (Å²) < 4.78 is 7.82. The average Bonchev–Trinajstić information content (AvgIpc) is 3.14. The molecule has 0 radical (unpaired) electrons. The number of hydrogen-bond donors (Lipinski definition) is 2. The molecule has 1 heterocycles. The Morgan fingerprint density at radius 1 is 1.00 bits per heavy atom. The van der Waals surface area contributed by atoms with Crippen molar-refractivity contribution in [1.82, 2.24) is 15.0 Å². The van der Waals surface area contributed by atoms with Crippen molar-refractivity contribution in [2.45, 2.75) is 19.5 Å². The number of nitrogens with one attached hydrogen (secondary N) is 2. The van der Waals surface area contributed by atoms with Gasteiger partial charge in [-0.3, -0.25) is 0 Å². The lowest BCUT2D eigenvalue weighted by molar-refractivity contribution is 0.301. The van der Waals surface area contributed by atoms with Crippen LogP contribution in [0.3, 0.4) is 0 Å². The van der Waals surface area contributed by atoms with Crippen molar-refractivity contribution in [2.24, 2.45) is 0 Å². The Bertz CT molecular complexity index is 696. The summed E-state index contributed by atoms with van der Waals surface area (Å²) in [5.41, 5.74) is 8.63. The van der Waals surface area contributed by atoms with Gasteiger partial charge in [-0.1, -0.05) is 30.3 Å².